The summed E-state index contributed by atoms with van der Waals surface area (Å²) in [5.41, 5.74) is 1.05. The zero-order valence-electron chi connectivity index (χ0n) is 19.2. The molecule has 1 N–H and O–H groups in total. The average molecular weight is 476 g/mol. The molecule has 0 saturated heterocycles. The second kappa shape index (κ2) is 10.2. The monoisotopic (exact) mass is 475 g/mol. The van der Waals surface area contributed by atoms with Crippen LogP contribution in [-0.4, -0.2) is 57.4 Å². The molecule has 1 aliphatic rings. The number of para-hydroxylation sites is 2. The first-order valence-electron chi connectivity index (χ1n) is 10.8. The molecule has 0 bridgehead atoms. The maximum atomic E-state index is 13.3. The summed E-state index contributed by atoms with van der Waals surface area (Å²) in [7, 11) is -2.64. The molecule has 0 radical (unpaired) electrons. The van der Waals surface area contributed by atoms with Crippen molar-refractivity contribution in [3.8, 4) is 11.5 Å². The third-order valence-electron chi connectivity index (χ3n) is 5.21. The molecule has 2 aromatic carbocycles. The molecule has 0 unspecified atom stereocenters. The van der Waals surface area contributed by atoms with Crippen molar-refractivity contribution in [3.05, 3.63) is 42.5 Å². The van der Waals surface area contributed by atoms with Gasteiger partial charge in [-0.1, -0.05) is 12.1 Å². The Morgan fingerprint density at radius 2 is 1.79 bits per heavy atom. The topological polar surface area (TPSA) is 105 Å². The van der Waals surface area contributed by atoms with Gasteiger partial charge < -0.3 is 19.7 Å². The van der Waals surface area contributed by atoms with Gasteiger partial charge in [0.15, 0.2) is 11.5 Å². The van der Waals surface area contributed by atoms with Crippen molar-refractivity contribution in [2.75, 3.05) is 37.0 Å². The van der Waals surface area contributed by atoms with Crippen molar-refractivity contribution in [1.82, 2.24) is 4.31 Å². The van der Waals surface area contributed by atoms with Gasteiger partial charge in [-0.15, -0.1) is 0 Å². The van der Waals surface area contributed by atoms with Crippen molar-refractivity contribution in [1.29, 1.82) is 0 Å². The zero-order valence-corrected chi connectivity index (χ0v) is 20.0. The van der Waals surface area contributed by atoms with Gasteiger partial charge in [0.2, 0.25) is 21.8 Å². The molecular weight excluding hydrogens is 446 g/mol. The second-order valence-electron chi connectivity index (χ2n) is 7.62. The average Bonchev–Trinajstić information content (AvgIpc) is 2.89. The fourth-order valence-electron chi connectivity index (χ4n) is 3.69. The number of carbonyl (C=O) groups excluding carboxylic acids is 2. The number of amides is 2. The molecular formula is C23H29N3O6S. The fourth-order valence-corrected chi connectivity index (χ4v) is 4.83. The number of anilines is 2. The number of carbonyl (C=O) groups is 2. The molecule has 33 heavy (non-hydrogen) atoms. The summed E-state index contributed by atoms with van der Waals surface area (Å²) in [4.78, 5) is 26.9. The molecule has 10 heteroatoms. The van der Waals surface area contributed by atoms with E-state index in [2.05, 4.69) is 5.32 Å². The second-order valence-corrected chi connectivity index (χ2v) is 9.66. The number of benzene rings is 2. The van der Waals surface area contributed by atoms with Crippen LogP contribution in [0.15, 0.2) is 47.4 Å². The molecule has 9 nitrogen and oxygen atoms in total. The molecule has 0 aliphatic carbocycles. The summed E-state index contributed by atoms with van der Waals surface area (Å²) in [5.74, 6) is 0.126. The van der Waals surface area contributed by atoms with Crippen molar-refractivity contribution < 1.29 is 27.5 Å². The molecule has 178 valence electrons. The summed E-state index contributed by atoms with van der Waals surface area (Å²) in [6.07, 6.45) is 0.105. The van der Waals surface area contributed by atoms with Crippen LogP contribution in [0.2, 0.25) is 0 Å². The molecule has 0 spiro atoms. The van der Waals surface area contributed by atoms with Crippen LogP contribution in [-0.2, 0) is 19.6 Å². The van der Waals surface area contributed by atoms with Crippen LogP contribution < -0.4 is 19.7 Å². The highest BCUT2D eigenvalue weighted by Crippen LogP contribution is 2.33. The summed E-state index contributed by atoms with van der Waals surface area (Å²) >= 11 is 0. The van der Waals surface area contributed by atoms with Gasteiger partial charge in [-0.25, -0.2) is 8.42 Å². The Labute approximate surface area is 194 Å². The number of nitrogens with one attached hydrogen (secondary N) is 1. The van der Waals surface area contributed by atoms with Gasteiger partial charge in [0.1, 0.15) is 0 Å². The molecule has 1 heterocycles. The largest absolute Gasteiger partial charge is 0.490 e. The molecule has 0 fully saturated rings. The van der Waals surface area contributed by atoms with Crippen LogP contribution in [0, 0.1) is 0 Å². The lowest BCUT2D eigenvalue weighted by Gasteiger charge is -2.29. The number of rotatable bonds is 8. The lowest BCUT2D eigenvalue weighted by molar-refractivity contribution is -0.119. The standard InChI is InChI=1S/C23H29N3O6S/c1-5-31-20-12-11-17(14-21(20)32-6-2)33(29,30)25(4)15-23(28)26-16(3)13-22(27)24-18-9-7-8-10-19(18)26/h7-12,14,16H,5-6,13,15H2,1-4H3,(H,24,27)/t16-/m0/s1. The van der Waals surface area contributed by atoms with E-state index in [9.17, 15) is 18.0 Å². The Balaban J connectivity index is 1.87. The van der Waals surface area contributed by atoms with Gasteiger partial charge in [-0.3, -0.25) is 9.59 Å². The molecule has 2 aromatic rings. The first-order chi connectivity index (χ1) is 15.7. The number of ether oxygens (including phenoxy) is 2. The van der Waals surface area contributed by atoms with Crippen LogP contribution in [0.5, 0.6) is 11.5 Å². The minimum atomic E-state index is -3.99. The van der Waals surface area contributed by atoms with Crippen molar-refractivity contribution in [2.45, 2.75) is 38.1 Å². The van der Waals surface area contributed by atoms with E-state index in [1.165, 1.54) is 24.1 Å². The van der Waals surface area contributed by atoms with Crippen LogP contribution in [0.1, 0.15) is 27.2 Å². The normalized spacial score (nSPS) is 16.1. The highest BCUT2D eigenvalue weighted by atomic mass is 32.2. The van der Waals surface area contributed by atoms with E-state index in [4.69, 9.17) is 9.47 Å². The van der Waals surface area contributed by atoms with Gasteiger partial charge in [-0.05, 0) is 45.0 Å². The number of fused-ring (bicyclic) bond motifs is 1. The minimum absolute atomic E-state index is 0.00846. The van der Waals surface area contributed by atoms with E-state index >= 15 is 0 Å². The summed E-state index contributed by atoms with van der Waals surface area (Å²) in [6.45, 7) is 5.73. The number of sulfonamides is 1. The van der Waals surface area contributed by atoms with E-state index in [0.717, 1.165) is 4.31 Å². The van der Waals surface area contributed by atoms with Crippen molar-refractivity contribution >= 4 is 33.2 Å². The van der Waals surface area contributed by atoms with E-state index in [1.54, 1.807) is 44.2 Å². The highest BCUT2D eigenvalue weighted by molar-refractivity contribution is 7.89. The van der Waals surface area contributed by atoms with E-state index in [1.807, 2.05) is 6.92 Å². The van der Waals surface area contributed by atoms with Gasteiger partial charge in [0.05, 0.1) is 36.0 Å². The van der Waals surface area contributed by atoms with Gasteiger partial charge in [0, 0.05) is 25.6 Å². The van der Waals surface area contributed by atoms with E-state index in [-0.39, 0.29) is 17.2 Å². The summed E-state index contributed by atoms with van der Waals surface area (Å²) in [5, 5.41) is 2.79. The summed E-state index contributed by atoms with van der Waals surface area (Å²) < 4.78 is 38.5. The van der Waals surface area contributed by atoms with Gasteiger partial charge in [0.25, 0.3) is 0 Å². The van der Waals surface area contributed by atoms with E-state index < -0.39 is 28.5 Å². The molecule has 1 aliphatic heterocycles. The maximum Gasteiger partial charge on any atom is 0.243 e. The highest BCUT2D eigenvalue weighted by Gasteiger charge is 2.32. The molecule has 2 amide bonds. The van der Waals surface area contributed by atoms with Crippen molar-refractivity contribution in [2.24, 2.45) is 0 Å². The van der Waals surface area contributed by atoms with Gasteiger partial charge >= 0.3 is 0 Å². The summed E-state index contributed by atoms with van der Waals surface area (Å²) in [6, 6.07) is 10.9. The molecule has 3 rings (SSSR count). The minimum Gasteiger partial charge on any atom is -0.490 e. The molecule has 1 atom stereocenters. The third kappa shape index (κ3) is 5.28. The predicted octanol–water partition coefficient (Wildman–Crippen LogP) is 2.87. The lowest BCUT2D eigenvalue weighted by Crippen LogP contribution is -2.45. The Kier molecular flexibility index (Phi) is 7.60. The number of hydrogen-bond donors (Lipinski definition) is 1. The Morgan fingerprint density at radius 3 is 2.48 bits per heavy atom. The molecule has 0 aromatic heterocycles. The Morgan fingerprint density at radius 1 is 1.12 bits per heavy atom. The predicted molar refractivity (Wildman–Crippen MR) is 125 cm³/mol. The molecule has 0 saturated carbocycles. The first-order valence-corrected chi connectivity index (χ1v) is 12.2. The number of nitrogens with zero attached hydrogens (tertiary/aromatic N) is 2. The van der Waals surface area contributed by atoms with Crippen LogP contribution in [0.3, 0.4) is 0 Å². The Hall–Kier alpha value is -3.11. The van der Waals surface area contributed by atoms with E-state index in [0.29, 0.717) is 36.1 Å². The number of likely N-dealkylation sites (N-methyl/N-ethyl adjacent to an activating group) is 1. The number of hydrogen-bond acceptors (Lipinski definition) is 6. The van der Waals surface area contributed by atoms with Crippen LogP contribution >= 0.6 is 0 Å². The SMILES string of the molecule is CCOc1ccc(S(=O)(=O)N(C)CC(=O)N2c3ccccc3NC(=O)C[C@@H]2C)cc1OCC. The fraction of sp³-hybridized carbons (Fsp3) is 0.391. The lowest BCUT2D eigenvalue weighted by atomic mass is 10.1. The van der Waals surface area contributed by atoms with Crippen LogP contribution in [0.4, 0.5) is 11.4 Å². The maximum absolute atomic E-state index is 13.3. The third-order valence-corrected chi connectivity index (χ3v) is 7.01. The van der Waals surface area contributed by atoms with Crippen LogP contribution in [0.25, 0.3) is 0 Å². The zero-order chi connectivity index (χ0) is 24.2. The van der Waals surface area contributed by atoms with Crippen molar-refractivity contribution in [3.63, 3.8) is 0 Å². The quantitative estimate of drug-likeness (QED) is 0.630. The Bertz CT molecular complexity index is 1130. The smallest absolute Gasteiger partial charge is 0.243 e. The van der Waals surface area contributed by atoms with Gasteiger partial charge in [-0.2, -0.15) is 4.31 Å². The first kappa shape index (κ1) is 24.5.